The average Bonchev–Trinajstić information content (AvgIpc) is 2.92. The Bertz CT molecular complexity index is 1330. The lowest BCUT2D eigenvalue weighted by Gasteiger charge is -2.45. The van der Waals surface area contributed by atoms with E-state index in [1.165, 1.54) is 37.1 Å². The maximum absolute atomic E-state index is 14.6. The van der Waals surface area contributed by atoms with Gasteiger partial charge in [0.25, 0.3) is 0 Å². The summed E-state index contributed by atoms with van der Waals surface area (Å²) in [5.41, 5.74) is -0.562. The van der Waals surface area contributed by atoms with Crippen LogP contribution in [0.4, 0.5) is 23.2 Å². The topological polar surface area (TPSA) is 77.9 Å². The third kappa shape index (κ3) is 6.50. The molecule has 41 heavy (non-hydrogen) atoms. The number of halogens is 5. The number of fused-ring (bicyclic) bond motifs is 1. The number of thioether (sulfide) groups is 1. The van der Waals surface area contributed by atoms with Gasteiger partial charge in [0, 0.05) is 54.1 Å². The lowest BCUT2D eigenvalue weighted by molar-refractivity contribution is -0.137. The van der Waals surface area contributed by atoms with E-state index in [2.05, 4.69) is 11.9 Å². The van der Waals surface area contributed by atoms with Gasteiger partial charge < -0.3 is 24.6 Å². The molecular weight excluding hydrogens is 584 g/mol. The lowest BCUT2D eigenvalue weighted by Crippen LogP contribution is -2.59. The smallest absolute Gasteiger partial charge is 0.378 e. The summed E-state index contributed by atoms with van der Waals surface area (Å²) in [4.78, 5) is 16.0. The summed E-state index contributed by atoms with van der Waals surface area (Å²) in [5, 5.41) is 12.1. The van der Waals surface area contributed by atoms with Gasteiger partial charge in [-0.25, -0.2) is 4.39 Å². The summed E-state index contributed by atoms with van der Waals surface area (Å²) in [6, 6.07) is 3.56. The van der Waals surface area contributed by atoms with Crippen molar-refractivity contribution in [1.82, 2.24) is 9.80 Å². The maximum atomic E-state index is 14.6. The van der Waals surface area contributed by atoms with Crippen molar-refractivity contribution in [2.24, 2.45) is 0 Å². The number of alkyl halides is 3. The molecule has 1 fully saturated rings. The molecular formula is C28H31ClF4N4O3S. The van der Waals surface area contributed by atoms with Crippen molar-refractivity contribution in [3.8, 4) is 11.1 Å². The van der Waals surface area contributed by atoms with Crippen LogP contribution < -0.4 is 5.32 Å². The highest BCUT2D eigenvalue weighted by molar-refractivity contribution is 7.99. The molecule has 3 atom stereocenters. The van der Waals surface area contributed by atoms with Crippen molar-refractivity contribution in [2.45, 2.75) is 43.0 Å². The average molecular weight is 615 g/mol. The van der Waals surface area contributed by atoms with Gasteiger partial charge in [0.2, 0.25) is 5.91 Å². The Morgan fingerprint density at radius 2 is 1.95 bits per heavy atom. The third-order valence-electron chi connectivity index (χ3n) is 7.01. The van der Waals surface area contributed by atoms with Crippen LogP contribution in [0.5, 0.6) is 0 Å². The zero-order chi connectivity index (χ0) is 30.1. The molecule has 2 aromatic carbocycles. The third-order valence-corrected chi connectivity index (χ3v) is 8.57. The highest BCUT2D eigenvalue weighted by Crippen LogP contribution is 2.50. The van der Waals surface area contributed by atoms with Gasteiger partial charge in [-0.2, -0.15) is 13.2 Å². The molecule has 2 aliphatic heterocycles. The minimum absolute atomic E-state index is 0.0498. The number of amides is 1. The number of benzene rings is 2. The fourth-order valence-electron chi connectivity index (χ4n) is 5.30. The Morgan fingerprint density at radius 1 is 1.27 bits per heavy atom. The first-order chi connectivity index (χ1) is 19.4. The quantitative estimate of drug-likeness (QED) is 0.0980. The number of carbonyl (C=O) groups excluding carboxylic acids is 1. The number of amidine groups is 1. The number of nitrogens with zero attached hydrogens (tertiary/aromatic N) is 2. The molecule has 2 heterocycles. The maximum Gasteiger partial charge on any atom is 0.417 e. The molecule has 222 valence electrons. The standard InChI is InChI=1S/C28H31ClF4N4O3S/c1-5-23(38)37-15(2)10-36(11-16(37)3)27(34)19-9-20(28(31,32)33)24(17-6-7-22(30)21(29)8-17)26-25(19)35-18(13-41-26)12-40-14-39-4/h5-9,15-16,18,34-35H,1,10-14H2,2-4H3/t15-,16+,18-/m0/s1. The van der Waals surface area contributed by atoms with Gasteiger partial charge >= 0.3 is 6.18 Å². The van der Waals surface area contributed by atoms with E-state index < -0.39 is 17.6 Å². The van der Waals surface area contributed by atoms with Crippen molar-refractivity contribution >= 4 is 40.8 Å². The Hall–Kier alpha value is -2.80. The van der Waals surface area contributed by atoms with Gasteiger partial charge in [-0.15, -0.1) is 11.8 Å². The van der Waals surface area contributed by atoms with E-state index in [4.69, 9.17) is 26.5 Å². The second kappa shape index (κ2) is 12.6. The van der Waals surface area contributed by atoms with E-state index in [-0.39, 0.29) is 83.0 Å². The van der Waals surface area contributed by atoms with E-state index in [1.54, 1.807) is 9.80 Å². The first-order valence-electron chi connectivity index (χ1n) is 12.9. The van der Waals surface area contributed by atoms with Crippen LogP contribution in [0.2, 0.25) is 5.02 Å². The molecule has 0 bridgehead atoms. The predicted molar refractivity (Wildman–Crippen MR) is 152 cm³/mol. The zero-order valence-corrected chi connectivity index (χ0v) is 24.4. The summed E-state index contributed by atoms with van der Waals surface area (Å²) in [7, 11) is 1.49. The summed E-state index contributed by atoms with van der Waals surface area (Å²) in [6.45, 7) is 7.98. The molecule has 13 heteroatoms. The van der Waals surface area contributed by atoms with Crippen molar-refractivity contribution < 1.29 is 31.8 Å². The summed E-state index contributed by atoms with van der Waals surface area (Å²) >= 11 is 7.18. The molecule has 0 aromatic heterocycles. The second-order valence-electron chi connectivity index (χ2n) is 10.0. The second-order valence-corrected chi connectivity index (χ2v) is 11.4. The Morgan fingerprint density at radius 3 is 2.54 bits per heavy atom. The van der Waals surface area contributed by atoms with Crippen molar-refractivity contribution in [1.29, 1.82) is 5.41 Å². The molecule has 1 saturated heterocycles. The molecule has 2 N–H and O–H groups in total. The highest BCUT2D eigenvalue weighted by atomic mass is 35.5. The van der Waals surface area contributed by atoms with Gasteiger partial charge in [-0.05, 0) is 43.7 Å². The number of hydrogen-bond donors (Lipinski definition) is 2. The molecule has 0 spiro atoms. The van der Waals surface area contributed by atoms with Crippen LogP contribution in [0.25, 0.3) is 11.1 Å². The van der Waals surface area contributed by atoms with E-state index in [9.17, 15) is 22.4 Å². The predicted octanol–water partition coefficient (Wildman–Crippen LogP) is 6.10. The van der Waals surface area contributed by atoms with Gasteiger partial charge in [0.05, 0.1) is 28.9 Å². The molecule has 0 saturated carbocycles. The van der Waals surface area contributed by atoms with Crippen LogP contribution in [0.1, 0.15) is 25.0 Å². The number of hydrogen-bond acceptors (Lipinski definition) is 6. The molecule has 7 nitrogen and oxygen atoms in total. The first-order valence-corrected chi connectivity index (χ1v) is 14.2. The fourth-order valence-corrected chi connectivity index (χ4v) is 6.72. The van der Waals surface area contributed by atoms with Gasteiger partial charge in [0.15, 0.2) is 0 Å². The van der Waals surface area contributed by atoms with Crippen LogP contribution in [0.15, 0.2) is 41.8 Å². The van der Waals surface area contributed by atoms with Gasteiger partial charge in [-0.3, -0.25) is 10.2 Å². The largest absolute Gasteiger partial charge is 0.417 e. The molecule has 0 unspecified atom stereocenters. The van der Waals surface area contributed by atoms with Crippen LogP contribution >= 0.6 is 23.4 Å². The molecule has 2 aliphatic rings. The van der Waals surface area contributed by atoms with Crippen LogP contribution in [-0.4, -0.2) is 79.0 Å². The summed E-state index contributed by atoms with van der Waals surface area (Å²) < 4.78 is 68.4. The van der Waals surface area contributed by atoms with E-state index in [0.717, 1.165) is 12.1 Å². The van der Waals surface area contributed by atoms with Crippen molar-refractivity contribution in [3.63, 3.8) is 0 Å². The normalized spacial score (nSPS) is 20.8. The number of anilines is 1. The lowest BCUT2D eigenvalue weighted by atomic mass is 9.93. The zero-order valence-electron chi connectivity index (χ0n) is 22.8. The van der Waals surface area contributed by atoms with Gasteiger partial charge in [0.1, 0.15) is 18.4 Å². The van der Waals surface area contributed by atoms with Crippen LogP contribution in [0, 0.1) is 11.2 Å². The monoisotopic (exact) mass is 614 g/mol. The minimum Gasteiger partial charge on any atom is -0.378 e. The summed E-state index contributed by atoms with van der Waals surface area (Å²) in [6.07, 6.45) is -3.55. The van der Waals surface area contributed by atoms with Crippen molar-refractivity contribution in [3.05, 3.63) is 58.9 Å². The Labute approximate surface area is 245 Å². The van der Waals surface area contributed by atoms with E-state index in [1.807, 2.05) is 13.8 Å². The number of ether oxygens (including phenoxy) is 2. The number of carbonyl (C=O) groups is 1. The number of methoxy groups -OCH3 is 1. The molecule has 0 radical (unpaired) electrons. The SMILES string of the molecule is C=CC(=O)N1[C@H](C)CN(C(=N)c2cc(C(F)(F)F)c(-c3ccc(F)c(Cl)c3)c3c2N[C@@H](COCOC)CS3)C[C@@H]1C. The Kier molecular flexibility index (Phi) is 9.57. The number of piperazine rings is 1. The van der Waals surface area contributed by atoms with Crippen LogP contribution in [-0.2, 0) is 20.4 Å². The molecule has 4 rings (SSSR count). The summed E-state index contributed by atoms with van der Waals surface area (Å²) in [5.74, 6) is -0.711. The van der Waals surface area contributed by atoms with E-state index in [0.29, 0.717) is 11.4 Å². The van der Waals surface area contributed by atoms with Crippen LogP contribution in [0.3, 0.4) is 0 Å². The number of nitrogens with one attached hydrogen (secondary N) is 2. The highest BCUT2D eigenvalue weighted by Gasteiger charge is 2.40. The Balaban J connectivity index is 1.84. The molecule has 2 aromatic rings. The van der Waals surface area contributed by atoms with Crippen molar-refractivity contribution in [2.75, 3.05) is 44.7 Å². The molecule has 1 amide bonds. The van der Waals surface area contributed by atoms with Gasteiger partial charge in [-0.1, -0.05) is 24.2 Å². The first kappa shape index (κ1) is 31.1. The fraction of sp³-hybridized carbons (Fsp3) is 0.429. The molecule has 0 aliphatic carbocycles. The number of rotatable bonds is 7. The minimum atomic E-state index is -4.78. The van der Waals surface area contributed by atoms with E-state index >= 15 is 0 Å².